The lowest BCUT2D eigenvalue weighted by Crippen LogP contribution is -2.71. The number of amides is 2. The van der Waals surface area contributed by atoms with Crippen LogP contribution in [0, 0.1) is 6.92 Å². The number of nitrogens with one attached hydrogen (secondary N) is 1. The molecule has 1 unspecified atom stereocenters. The predicted molar refractivity (Wildman–Crippen MR) is 136 cm³/mol. The van der Waals surface area contributed by atoms with Gasteiger partial charge in [-0.25, -0.2) is 4.98 Å². The maximum absolute atomic E-state index is 13.1. The number of aliphatic carboxylic acids is 1. The highest BCUT2D eigenvalue weighted by atomic mass is 32.2. The van der Waals surface area contributed by atoms with Crippen molar-refractivity contribution >= 4 is 62.5 Å². The standard InChI is InChI=1S/C24H22N6O5S2/c1-12-7-13-5-3-4-6-14(13)8-29(12)9-15-10-36-22-18(21(32)30(22)19(15)23(33)34)27-20(31)17(28-35-2)16-11-37-24(25)26-16/h3-8,11,18,22H,9-10H2,1-2H3,(H3-,25,26,27,31,33,34)/t18?,22-/m0/s1. The van der Waals surface area contributed by atoms with Crippen LogP contribution in [0.4, 0.5) is 5.13 Å². The second-order valence-electron chi connectivity index (χ2n) is 8.47. The van der Waals surface area contributed by atoms with Gasteiger partial charge < -0.3 is 25.8 Å². The maximum atomic E-state index is 13.1. The Hall–Kier alpha value is -3.97. The Labute approximate surface area is 219 Å². The highest BCUT2D eigenvalue weighted by molar-refractivity contribution is 8.00. The third-order valence-electron chi connectivity index (χ3n) is 6.16. The average molecular weight is 539 g/mol. The topological polar surface area (TPSA) is 154 Å². The molecule has 2 atom stereocenters. The van der Waals surface area contributed by atoms with Gasteiger partial charge in [-0.3, -0.25) is 14.5 Å². The molecule has 190 valence electrons. The quantitative estimate of drug-likeness (QED) is 0.183. The summed E-state index contributed by atoms with van der Waals surface area (Å²) in [5.41, 5.74) is 7.08. The number of hydrogen-bond acceptors (Lipinski definition) is 10. The first kappa shape index (κ1) is 24.7. The summed E-state index contributed by atoms with van der Waals surface area (Å²) in [5, 5.41) is 21.8. The fourth-order valence-corrected chi connectivity index (χ4v) is 6.29. The Morgan fingerprint density at radius 1 is 1.35 bits per heavy atom. The number of rotatable bonds is 7. The number of fused-ring (bicyclic) bond motifs is 2. The largest absolute Gasteiger partial charge is 0.543 e. The summed E-state index contributed by atoms with van der Waals surface area (Å²) in [7, 11) is 1.28. The summed E-state index contributed by atoms with van der Waals surface area (Å²) in [6.45, 7) is 2.23. The number of carbonyl (C=O) groups is 3. The number of nitrogen functional groups attached to an aromatic ring is 1. The minimum absolute atomic E-state index is 0.137. The van der Waals surface area contributed by atoms with Gasteiger partial charge in [0.1, 0.15) is 24.2 Å². The van der Waals surface area contributed by atoms with E-state index in [1.165, 1.54) is 23.8 Å². The summed E-state index contributed by atoms with van der Waals surface area (Å²) in [5.74, 6) is -2.31. The molecule has 0 bridgehead atoms. The van der Waals surface area contributed by atoms with Gasteiger partial charge in [0.2, 0.25) is 0 Å². The van der Waals surface area contributed by atoms with Gasteiger partial charge in [-0.15, -0.1) is 23.1 Å². The number of benzene rings is 1. The van der Waals surface area contributed by atoms with Gasteiger partial charge in [0.15, 0.2) is 29.3 Å². The lowest BCUT2D eigenvalue weighted by atomic mass is 10.0. The Morgan fingerprint density at radius 2 is 2.11 bits per heavy atom. The highest BCUT2D eigenvalue weighted by Crippen LogP contribution is 2.40. The molecule has 0 radical (unpaired) electrons. The van der Waals surface area contributed by atoms with Gasteiger partial charge in [0.25, 0.3) is 11.8 Å². The first-order valence-electron chi connectivity index (χ1n) is 11.2. The van der Waals surface area contributed by atoms with Crippen LogP contribution in [0.25, 0.3) is 10.8 Å². The molecule has 0 aliphatic carbocycles. The number of β-lactam (4-membered cyclic amide) rings is 1. The van der Waals surface area contributed by atoms with Crippen molar-refractivity contribution < 1.29 is 28.9 Å². The number of thiazole rings is 1. The van der Waals surface area contributed by atoms with E-state index in [0.717, 1.165) is 27.8 Å². The second-order valence-corrected chi connectivity index (χ2v) is 10.5. The molecular weight excluding hydrogens is 516 g/mol. The van der Waals surface area contributed by atoms with E-state index in [4.69, 9.17) is 10.6 Å². The molecule has 1 saturated heterocycles. The van der Waals surface area contributed by atoms with Crippen LogP contribution in [0.1, 0.15) is 11.4 Å². The van der Waals surface area contributed by atoms with Crippen LogP contribution >= 0.6 is 23.1 Å². The number of pyridine rings is 1. The normalized spacial score (nSPS) is 19.5. The van der Waals surface area contributed by atoms with Crippen molar-refractivity contribution in [3.05, 3.63) is 64.6 Å². The second kappa shape index (κ2) is 9.82. The summed E-state index contributed by atoms with van der Waals surface area (Å²) < 4.78 is 1.96. The minimum Gasteiger partial charge on any atom is -0.543 e. The van der Waals surface area contributed by atoms with Crippen molar-refractivity contribution in [2.24, 2.45) is 5.16 Å². The van der Waals surface area contributed by atoms with Gasteiger partial charge in [-0.2, -0.15) is 4.57 Å². The Kier molecular flexibility index (Phi) is 6.56. The smallest absolute Gasteiger partial charge is 0.276 e. The van der Waals surface area contributed by atoms with Crippen LogP contribution in [-0.4, -0.2) is 57.7 Å². The molecule has 13 heteroatoms. The van der Waals surface area contributed by atoms with Crippen LogP contribution in [0.3, 0.4) is 0 Å². The van der Waals surface area contributed by atoms with Crippen LogP contribution in [-0.2, 0) is 25.8 Å². The molecule has 2 aromatic heterocycles. The molecule has 3 N–H and O–H groups in total. The molecule has 5 rings (SSSR count). The van der Waals surface area contributed by atoms with Gasteiger partial charge in [-0.1, -0.05) is 23.4 Å². The maximum Gasteiger partial charge on any atom is 0.276 e. The van der Waals surface area contributed by atoms with E-state index in [1.807, 2.05) is 48.0 Å². The molecule has 3 aromatic rings. The van der Waals surface area contributed by atoms with Gasteiger partial charge >= 0.3 is 0 Å². The lowest BCUT2D eigenvalue weighted by molar-refractivity contribution is -0.693. The van der Waals surface area contributed by atoms with E-state index < -0.39 is 29.2 Å². The van der Waals surface area contributed by atoms with Gasteiger partial charge in [0, 0.05) is 35.1 Å². The van der Waals surface area contributed by atoms with Crippen LogP contribution in [0.15, 0.2) is 58.3 Å². The number of aryl methyl sites for hydroxylation is 1. The van der Waals surface area contributed by atoms with E-state index in [2.05, 4.69) is 15.5 Å². The molecule has 0 saturated carbocycles. The molecule has 1 aromatic carbocycles. The third kappa shape index (κ3) is 4.51. The minimum atomic E-state index is -1.43. The number of nitrogens with zero attached hydrogens (tertiary/aromatic N) is 4. The molecule has 11 nitrogen and oxygen atoms in total. The van der Waals surface area contributed by atoms with Gasteiger partial charge in [0.05, 0.1) is 11.7 Å². The zero-order valence-corrected chi connectivity index (χ0v) is 21.5. The Morgan fingerprint density at radius 3 is 2.78 bits per heavy atom. The first-order chi connectivity index (χ1) is 17.8. The Bertz CT molecular complexity index is 1500. The number of carboxylic acids is 1. The SMILES string of the molecule is CON=C(C(=O)NC1C(=O)N2C(C(=O)[O-])=C(C[n+]3cc4ccccc4cc3C)CS[C@@H]12)c1csc(N)n1. The fraction of sp³-hybridized carbons (Fsp3) is 0.250. The number of carboxylic acid groups (broad SMARTS) is 1. The summed E-state index contributed by atoms with van der Waals surface area (Å²) in [6.07, 6.45) is 1.96. The molecule has 2 amide bonds. The van der Waals surface area contributed by atoms with Crippen LogP contribution in [0.5, 0.6) is 0 Å². The van der Waals surface area contributed by atoms with Crippen LogP contribution < -0.4 is 20.7 Å². The number of aromatic nitrogens is 2. The Balaban J connectivity index is 1.38. The molecule has 4 heterocycles. The molecule has 1 fully saturated rings. The van der Waals surface area contributed by atoms with E-state index in [1.54, 1.807) is 5.38 Å². The summed E-state index contributed by atoms with van der Waals surface area (Å²) in [6, 6.07) is 8.98. The first-order valence-corrected chi connectivity index (χ1v) is 13.1. The lowest BCUT2D eigenvalue weighted by Gasteiger charge is -2.50. The van der Waals surface area contributed by atoms with Gasteiger partial charge in [-0.05, 0) is 11.5 Å². The summed E-state index contributed by atoms with van der Waals surface area (Å²) in [4.78, 5) is 48.1. The van der Waals surface area contributed by atoms with E-state index in [0.29, 0.717) is 11.3 Å². The molecule has 2 aliphatic rings. The summed E-state index contributed by atoms with van der Waals surface area (Å²) >= 11 is 2.50. The van der Waals surface area contributed by atoms with E-state index in [-0.39, 0.29) is 28.8 Å². The number of oxime groups is 1. The highest BCUT2D eigenvalue weighted by Gasteiger charge is 2.53. The third-order valence-corrected chi connectivity index (χ3v) is 8.17. The van der Waals surface area contributed by atoms with Crippen molar-refractivity contribution in [3.63, 3.8) is 0 Å². The van der Waals surface area contributed by atoms with Crippen molar-refractivity contribution in [1.29, 1.82) is 0 Å². The molecule has 2 aliphatic heterocycles. The number of hydrogen-bond donors (Lipinski definition) is 2. The van der Waals surface area contributed by atoms with Crippen molar-refractivity contribution in [3.8, 4) is 0 Å². The molecule has 37 heavy (non-hydrogen) atoms. The number of carbonyl (C=O) groups excluding carboxylic acids is 3. The molecular formula is C24H22N6O5S2. The monoisotopic (exact) mass is 538 g/mol. The van der Waals surface area contributed by atoms with Crippen molar-refractivity contribution in [2.75, 3.05) is 18.6 Å². The zero-order chi connectivity index (χ0) is 26.3. The number of thioether (sulfide) groups is 1. The van der Waals surface area contributed by atoms with Crippen molar-refractivity contribution in [1.82, 2.24) is 15.2 Å². The zero-order valence-electron chi connectivity index (χ0n) is 19.8. The van der Waals surface area contributed by atoms with E-state index in [9.17, 15) is 19.5 Å². The number of nitrogens with two attached hydrogens (primary N) is 1. The van der Waals surface area contributed by atoms with Crippen LogP contribution in [0.2, 0.25) is 0 Å². The van der Waals surface area contributed by atoms with Crippen molar-refractivity contribution in [2.45, 2.75) is 24.9 Å². The molecule has 0 spiro atoms. The fourth-order valence-electron chi connectivity index (χ4n) is 4.41. The van der Waals surface area contributed by atoms with E-state index >= 15 is 0 Å². The predicted octanol–water partition coefficient (Wildman–Crippen LogP) is -0.0710. The average Bonchev–Trinajstić information content (AvgIpc) is 3.31. The number of anilines is 1.